The van der Waals surface area contributed by atoms with Gasteiger partial charge in [-0.2, -0.15) is 0 Å². The number of pyridine rings is 1. The van der Waals surface area contributed by atoms with Crippen molar-refractivity contribution in [3.05, 3.63) is 95.1 Å². The molecule has 1 aromatic heterocycles. The van der Waals surface area contributed by atoms with Crippen molar-refractivity contribution in [2.24, 2.45) is 0 Å². The van der Waals surface area contributed by atoms with Crippen molar-refractivity contribution in [2.75, 3.05) is 5.32 Å². The average Bonchev–Trinajstić information content (AvgIpc) is 2.74. The molecule has 1 heterocycles. The molecule has 0 fully saturated rings. The minimum atomic E-state index is -0.944. The topological polar surface area (TPSA) is 71.5 Å². The summed E-state index contributed by atoms with van der Waals surface area (Å²) in [5.74, 6) is 1.04. The maximum Gasteiger partial charge on any atom is 0.335 e. The first-order chi connectivity index (χ1) is 14.5. The number of fused-ring (bicyclic) bond motifs is 1. The number of hydrogen-bond donors (Lipinski definition) is 2. The van der Waals surface area contributed by atoms with E-state index in [-0.39, 0.29) is 11.6 Å². The lowest BCUT2D eigenvalue weighted by Crippen LogP contribution is -2.09. The van der Waals surface area contributed by atoms with Gasteiger partial charge in [0.25, 0.3) is 0 Å². The molecule has 0 saturated carbocycles. The summed E-state index contributed by atoms with van der Waals surface area (Å²) in [6.45, 7) is 2.00. The Kier molecular flexibility index (Phi) is 5.55. The van der Waals surface area contributed by atoms with Crippen LogP contribution >= 0.6 is 11.6 Å². The van der Waals surface area contributed by atoms with Crippen LogP contribution < -0.4 is 10.1 Å². The molecule has 6 heteroatoms. The average molecular weight is 419 g/mol. The zero-order valence-electron chi connectivity index (χ0n) is 16.2. The number of anilines is 1. The smallest absolute Gasteiger partial charge is 0.335 e. The normalized spacial score (nSPS) is 11.8. The third-order valence-electron chi connectivity index (χ3n) is 4.79. The van der Waals surface area contributed by atoms with Crippen LogP contribution in [0, 0.1) is 0 Å². The summed E-state index contributed by atoms with van der Waals surface area (Å²) in [5, 5.41) is 15.0. The van der Waals surface area contributed by atoms with Gasteiger partial charge in [-0.15, -0.1) is 0 Å². The predicted octanol–water partition coefficient (Wildman–Crippen LogP) is 6.55. The minimum absolute atomic E-state index is 0.0924. The number of halogens is 1. The lowest BCUT2D eigenvalue weighted by Gasteiger charge is -2.18. The highest BCUT2D eigenvalue weighted by atomic mass is 35.5. The summed E-state index contributed by atoms with van der Waals surface area (Å²) in [6.07, 6.45) is 1.74. The Morgan fingerprint density at radius 1 is 1.07 bits per heavy atom. The van der Waals surface area contributed by atoms with E-state index in [1.165, 1.54) is 0 Å². The molecule has 5 nitrogen and oxygen atoms in total. The quantitative estimate of drug-likeness (QED) is 0.371. The van der Waals surface area contributed by atoms with E-state index in [0.717, 1.165) is 16.3 Å². The number of carboxylic acid groups (broad SMARTS) is 1. The number of ether oxygens (including phenoxy) is 1. The third kappa shape index (κ3) is 4.21. The van der Waals surface area contributed by atoms with Crippen molar-refractivity contribution < 1.29 is 14.6 Å². The Morgan fingerprint density at radius 2 is 1.83 bits per heavy atom. The van der Waals surface area contributed by atoms with Crippen LogP contribution in [0.25, 0.3) is 10.8 Å². The molecule has 4 rings (SSSR count). The molecule has 0 bridgehead atoms. The number of carbonyl (C=O) groups is 1. The van der Waals surface area contributed by atoms with E-state index in [1.807, 2.05) is 43.3 Å². The fourth-order valence-corrected chi connectivity index (χ4v) is 3.43. The molecule has 0 saturated heterocycles. The van der Waals surface area contributed by atoms with Crippen molar-refractivity contribution >= 4 is 34.2 Å². The Labute approximate surface area is 178 Å². The lowest BCUT2D eigenvalue weighted by molar-refractivity contribution is 0.0697. The lowest BCUT2D eigenvalue weighted by atomic mass is 10.1. The highest BCUT2D eigenvalue weighted by molar-refractivity contribution is 6.30. The molecule has 150 valence electrons. The Balaban J connectivity index is 1.67. The molecule has 0 radical (unpaired) electrons. The van der Waals surface area contributed by atoms with Crippen LogP contribution in [0.15, 0.2) is 79.0 Å². The summed E-state index contributed by atoms with van der Waals surface area (Å²) in [7, 11) is 0. The summed E-state index contributed by atoms with van der Waals surface area (Å²) in [4.78, 5) is 15.6. The van der Waals surface area contributed by atoms with Crippen LogP contribution in [0.3, 0.4) is 0 Å². The molecule has 2 N–H and O–H groups in total. The fraction of sp³-hybridized carbons (Fsp3) is 0.0833. The first kappa shape index (κ1) is 19.7. The molecule has 1 atom stereocenters. The number of hydrogen-bond acceptors (Lipinski definition) is 4. The second-order valence-electron chi connectivity index (χ2n) is 6.87. The number of nitrogens with one attached hydrogen (secondary N) is 1. The van der Waals surface area contributed by atoms with E-state index in [2.05, 4.69) is 10.3 Å². The predicted molar refractivity (Wildman–Crippen MR) is 119 cm³/mol. The molecular formula is C24H19ClN2O3. The van der Waals surface area contributed by atoms with Crippen molar-refractivity contribution in [2.45, 2.75) is 13.0 Å². The number of benzene rings is 3. The number of nitrogens with zero attached hydrogens (tertiary/aromatic N) is 1. The second-order valence-corrected chi connectivity index (χ2v) is 7.30. The molecule has 0 spiro atoms. The SMILES string of the molecule is C[C@H](Nc1nccc2cccc(Oc3cccc(Cl)c3)c12)c1ccc(C(=O)O)cc1. The van der Waals surface area contributed by atoms with Crippen LogP contribution in [-0.4, -0.2) is 16.1 Å². The van der Waals surface area contributed by atoms with Crippen LogP contribution in [-0.2, 0) is 0 Å². The van der Waals surface area contributed by atoms with Gasteiger partial charge in [0.1, 0.15) is 17.3 Å². The van der Waals surface area contributed by atoms with E-state index in [4.69, 9.17) is 21.4 Å². The molecule has 4 aromatic rings. The number of rotatable bonds is 6. The number of aromatic nitrogens is 1. The summed E-state index contributed by atoms with van der Waals surface area (Å²) in [5.41, 5.74) is 1.21. The fourth-order valence-electron chi connectivity index (χ4n) is 3.25. The highest BCUT2D eigenvalue weighted by Gasteiger charge is 2.14. The van der Waals surface area contributed by atoms with Gasteiger partial charge in [-0.05, 0) is 60.3 Å². The van der Waals surface area contributed by atoms with Crippen LogP contribution in [0.5, 0.6) is 11.5 Å². The first-order valence-electron chi connectivity index (χ1n) is 9.42. The Morgan fingerprint density at radius 3 is 2.57 bits per heavy atom. The van der Waals surface area contributed by atoms with Crippen LogP contribution in [0.4, 0.5) is 5.82 Å². The molecule has 30 heavy (non-hydrogen) atoms. The molecule has 0 aliphatic rings. The van der Waals surface area contributed by atoms with E-state index in [1.54, 1.807) is 42.6 Å². The van der Waals surface area contributed by atoms with Gasteiger partial charge >= 0.3 is 5.97 Å². The van der Waals surface area contributed by atoms with Crippen molar-refractivity contribution in [1.82, 2.24) is 4.98 Å². The molecule has 0 unspecified atom stereocenters. The van der Waals surface area contributed by atoms with Gasteiger partial charge in [-0.1, -0.05) is 41.9 Å². The maximum atomic E-state index is 11.1. The van der Waals surface area contributed by atoms with Gasteiger partial charge in [0.2, 0.25) is 0 Å². The molecule has 0 aliphatic heterocycles. The monoisotopic (exact) mass is 418 g/mol. The van der Waals surface area contributed by atoms with Gasteiger partial charge < -0.3 is 15.2 Å². The summed E-state index contributed by atoms with van der Waals surface area (Å²) >= 11 is 6.09. The summed E-state index contributed by atoms with van der Waals surface area (Å²) < 4.78 is 6.11. The zero-order valence-corrected chi connectivity index (χ0v) is 16.9. The second kappa shape index (κ2) is 8.43. The first-order valence-corrected chi connectivity index (χ1v) is 9.80. The molecule has 3 aromatic carbocycles. The van der Waals surface area contributed by atoms with Gasteiger partial charge in [-0.3, -0.25) is 0 Å². The Hall–Kier alpha value is -3.57. The van der Waals surface area contributed by atoms with Crippen molar-refractivity contribution in [3.8, 4) is 11.5 Å². The van der Waals surface area contributed by atoms with Gasteiger partial charge in [-0.25, -0.2) is 9.78 Å². The summed E-state index contributed by atoms with van der Waals surface area (Å²) in [6, 6.07) is 21.7. The molecular weight excluding hydrogens is 400 g/mol. The zero-order chi connectivity index (χ0) is 21.1. The Bertz CT molecular complexity index is 1200. The van der Waals surface area contributed by atoms with Gasteiger partial charge in [0.15, 0.2) is 0 Å². The maximum absolute atomic E-state index is 11.1. The van der Waals surface area contributed by atoms with E-state index in [0.29, 0.717) is 22.3 Å². The largest absolute Gasteiger partial charge is 0.478 e. The number of carboxylic acids is 1. The standard InChI is InChI=1S/C24H19ClN2O3/c1-15(16-8-10-18(11-9-16)24(28)29)27-23-22-17(12-13-26-23)4-2-7-21(22)30-20-6-3-5-19(25)14-20/h2-15H,1H3,(H,26,27)(H,28,29)/t15-/m0/s1. The van der Waals surface area contributed by atoms with Crippen molar-refractivity contribution in [3.63, 3.8) is 0 Å². The van der Waals surface area contributed by atoms with E-state index in [9.17, 15) is 4.79 Å². The van der Waals surface area contributed by atoms with Crippen molar-refractivity contribution in [1.29, 1.82) is 0 Å². The van der Waals surface area contributed by atoms with Gasteiger partial charge in [0, 0.05) is 17.3 Å². The number of aromatic carboxylic acids is 1. The van der Waals surface area contributed by atoms with E-state index < -0.39 is 5.97 Å². The molecule has 0 aliphatic carbocycles. The van der Waals surface area contributed by atoms with Crippen LogP contribution in [0.1, 0.15) is 28.9 Å². The van der Waals surface area contributed by atoms with Gasteiger partial charge in [0.05, 0.1) is 10.9 Å². The van der Waals surface area contributed by atoms with Crippen LogP contribution in [0.2, 0.25) is 5.02 Å². The van der Waals surface area contributed by atoms with E-state index >= 15 is 0 Å². The third-order valence-corrected chi connectivity index (χ3v) is 5.02. The highest BCUT2D eigenvalue weighted by Crippen LogP contribution is 2.35. The minimum Gasteiger partial charge on any atom is -0.478 e. The molecule has 0 amide bonds.